The predicted octanol–water partition coefficient (Wildman–Crippen LogP) is 6.07. The second kappa shape index (κ2) is 6.62. The van der Waals surface area contributed by atoms with Gasteiger partial charge in [0.15, 0.2) is 0 Å². The first-order valence-corrected chi connectivity index (χ1v) is 9.57. The normalized spacial score (nSPS) is 18.3. The zero-order chi connectivity index (χ0) is 17.5. The zero-order valence-corrected chi connectivity index (χ0v) is 16.2. The summed E-state index contributed by atoms with van der Waals surface area (Å²) in [5.74, 6) is 0.551. The van der Waals surface area contributed by atoms with E-state index >= 15 is 0 Å². The van der Waals surface area contributed by atoms with Crippen molar-refractivity contribution in [3.05, 3.63) is 63.6 Å². The monoisotopic (exact) mass is 379 g/mol. The summed E-state index contributed by atoms with van der Waals surface area (Å²) in [5, 5.41) is 0.912. The van der Waals surface area contributed by atoms with Gasteiger partial charge in [0.1, 0.15) is 5.37 Å². The second-order valence-electron chi connectivity index (χ2n) is 6.90. The van der Waals surface area contributed by atoms with E-state index in [2.05, 4.69) is 45.0 Å². The molecule has 0 aromatic heterocycles. The maximum Gasteiger partial charge on any atom is 0.238 e. The van der Waals surface area contributed by atoms with E-state index in [0.29, 0.717) is 15.8 Å². The Morgan fingerprint density at radius 2 is 1.71 bits per heavy atom. The Bertz CT molecular complexity index is 768. The fourth-order valence-electron chi connectivity index (χ4n) is 2.73. The van der Waals surface area contributed by atoms with Crippen LogP contribution < -0.4 is 4.90 Å². The highest BCUT2D eigenvalue weighted by atomic mass is 35.5. The van der Waals surface area contributed by atoms with Gasteiger partial charge in [0.25, 0.3) is 0 Å². The highest BCUT2D eigenvalue weighted by molar-refractivity contribution is 8.00. The van der Waals surface area contributed by atoms with Crippen molar-refractivity contribution in [3.63, 3.8) is 0 Å². The van der Waals surface area contributed by atoms with Crippen LogP contribution in [0.2, 0.25) is 10.0 Å². The van der Waals surface area contributed by atoms with Gasteiger partial charge in [-0.1, -0.05) is 68.2 Å². The lowest BCUT2D eigenvalue weighted by molar-refractivity contribution is -0.115. The summed E-state index contributed by atoms with van der Waals surface area (Å²) in [6.45, 7) is 6.58. The lowest BCUT2D eigenvalue weighted by Crippen LogP contribution is -2.27. The largest absolute Gasteiger partial charge is 0.295 e. The van der Waals surface area contributed by atoms with Gasteiger partial charge in [-0.3, -0.25) is 9.69 Å². The molecule has 2 nitrogen and oxygen atoms in total. The molecule has 0 bridgehead atoms. The van der Waals surface area contributed by atoms with E-state index < -0.39 is 0 Å². The molecule has 2 aromatic carbocycles. The van der Waals surface area contributed by atoms with Gasteiger partial charge < -0.3 is 0 Å². The van der Waals surface area contributed by atoms with E-state index in [-0.39, 0.29) is 16.7 Å². The quantitative estimate of drug-likeness (QED) is 0.630. The predicted molar refractivity (Wildman–Crippen MR) is 104 cm³/mol. The molecule has 1 atom stereocenters. The number of carbonyl (C=O) groups is 1. The molecule has 1 aliphatic rings. The minimum absolute atomic E-state index is 0.0382. The van der Waals surface area contributed by atoms with Crippen molar-refractivity contribution in [1.82, 2.24) is 0 Å². The van der Waals surface area contributed by atoms with Crippen molar-refractivity contribution < 1.29 is 4.79 Å². The summed E-state index contributed by atoms with van der Waals surface area (Å²) in [7, 11) is 0. The fourth-order valence-corrected chi connectivity index (χ4v) is 4.20. The topological polar surface area (TPSA) is 20.3 Å². The van der Waals surface area contributed by atoms with E-state index in [4.69, 9.17) is 23.2 Å². The highest BCUT2D eigenvalue weighted by Crippen LogP contribution is 2.43. The maximum absolute atomic E-state index is 12.4. The summed E-state index contributed by atoms with van der Waals surface area (Å²) >= 11 is 13.8. The fraction of sp³-hybridized carbons (Fsp3) is 0.316. The number of hydrogen-bond acceptors (Lipinski definition) is 2. The molecule has 0 N–H and O–H groups in total. The third kappa shape index (κ3) is 3.44. The van der Waals surface area contributed by atoms with Crippen LogP contribution in [-0.4, -0.2) is 11.7 Å². The summed E-state index contributed by atoms with van der Waals surface area (Å²) in [5.41, 5.74) is 3.29. The van der Waals surface area contributed by atoms with Crippen molar-refractivity contribution >= 4 is 46.6 Å². The van der Waals surface area contributed by atoms with Crippen molar-refractivity contribution in [2.24, 2.45) is 0 Å². The molecule has 1 saturated heterocycles. The lowest BCUT2D eigenvalue weighted by atomic mass is 9.86. The van der Waals surface area contributed by atoms with Gasteiger partial charge in [-0.05, 0) is 34.7 Å². The zero-order valence-electron chi connectivity index (χ0n) is 13.8. The van der Waals surface area contributed by atoms with Crippen molar-refractivity contribution in [2.75, 3.05) is 10.7 Å². The van der Waals surface area contributed by atoms with Gasteiger partial charge in [0, 0.05) is 5.69 Å². The van der Waals surface area contributed by atoms with E-state index in [1.54, 1.807) is 28.8 Å². The van der Waals surface area contributed by atoms with Crippen LogP contribution >= 0.6 is 35.0 Å². The minimum Gasteiger partial charge on any atom is -0.295 e. The number of halogens is 2. The first kappa shape index (κ1) is 17.7. The third-order valence-electron chi connectivity index (χ3n) is 4.11. The Labute approximate surface area is 157 Å². The van der Waals surface area contributed by atoms with Gasteiger partial charge >= 0.3 is 0 Å². The summed E-state index contributed by atoms with van der Waals surface area (Å²) in [6, 6.07) is 13.8. The van der Waals surface area contributed by atoms with Crippen LogP contribution in [0.5, 0.6) is 0 Å². The Morgan fingerprint density at radius 1 is 1.04 bits per heavy atom. The number of hydrogen-bond donors (Lipinski definition) is 0. The molecule has 126 valence electrons. The third-order valence-corrected chi connectivity index (χ3v) is 6.06. The molecule has 24 heavy (non-hydrogen) atoms. The molecular formula is C19H19Cl2NOS. The van der Waals surface area contributed by atoms with Crippen LogP contribution in [0.3, 0.4) is 0 Å². The van der Waals surface area contributed by atoms with Crippen LogP contribution in [0, 0.1) is 0 Å². The molecule has 0 saturated carbocycles. The second-order valence-corrected chi connectivity index (χ2v) is 8.78. The van der Waals surface area contributed by atoms with Gasteiger partial charge in [-0.2, -0.15) is 0 Å². The van der Waals surface area contributed by atoms with Crippen LogP contribution in [0.4, 0.5) is 5.69 Å². The average Bonchev–Trinajstić information content (AvgIpc) is 2.91. The first-order valence-electron chi connectivity index (χ1n) is 7.76. The number of rotatable bonds is 2. The van der Waals surface area contributed by atoms with Crippen molar-refractivity contribution in [1.29, 1.82) is 0 Å². The number of carbonyl (C=O) groups excluding carboxylic acids is 1. The van der Waals surface area contributed by atoms with Gasteiger partial charge in [-0.15, -0.1) is 11.8 Å². The lowest BCUT2D eigenvalue weighted by Gasteiger charge is -2.26. The van der Waals surface area contributed by atoms with Crippen LogP contribution in [0.1, 0.15) is 37.3 Å². The van der Waals surface area contributed by atoms with E-state index in [9.17, 15) is 4.79 Å². The molecule has 5 heteroatoms. The van der Waals surface area contributed by atoms with Gasteiger partial charge in [-0.25, -0.2) is 0 Å². The first-order chi connectivity index (χ1) is 11.3. The van der Waals surface area contributed by atoms with Crippen LogP contribution in [-0.2, 0) is 10.2 Å². The standard InChI is InChI=1S/C19H19Cl2NOS/c1-19(2,3)13-6-4-12(5-7-13)18-22(17(23)11-24-18)14-8-9-15(20)16(21)10-14/h4-10,18H,11H2,1-3H3/t18-/m1/s1. The molecule has 0 aliphatic carbocycles. The maximum atomic E-state index is 12.4. The summed E-state index contributed by atoms with van der Waals surface area (Å²) in [6.07, 6.45) is 0. The number of nitrogens with zero attached hydrogens (tertiary/aromatic N) is 1. The van der Waals surface area contributed by atoms with Crippen LogP contribution in [0.25, 0.3) is 0 Å². The van der Waals surface area contributed by atoms with E-state index in [1.165, 1.54) is 5.56 Å². The number of thioether (sulfide) groups is 1. The molecular weight excluding hydrogens is 361 g/mol. The number of anilines is 1. The SMILES string of the molecule is CC(C)(C)c1ccc([C@H]2SCC(=O)N2c2ccc(Cl)c(Cl)c2)cc1. The minimum atomic E-state index is -0.0382. The van der Waals surface area contributed by atoms with E-state index in [0.717, 1.165) is 11.3 Å². The summed E-state index contributed by atoms with van der Waals surface area (Å²) < 4.78 is 0. The molecule has 1 fully saturated rings. The Hall–Kier alpha value is -1.16. The highest BCUT2D eigenvalue weighted by Gasteiger charge is 2.34. The Morgan fingerprint density at radius 3 is 2.29 bits per heavy atom. The number of benzene rings is 2. The van der Waals surface area contributed by atoms with Crippen molar-refractivity contribution in [3.8, 4) is 0 Å². The summed E-state index contributed by atoms with van der Waals surface area (Å²) in [4.78, 5) is 14.2. The van der Waals surface area contributed by atoms with E-state index in [1.807, 2.05) is 6.07 Å². The van der Waals surface area contributed by atoms with Gasteiger partial charge in [0.05, 0.1) is 15.8 Å². The molecule has 1 heterocycles. The molecule has 1 amide bonds. The van der Waals surface area contributed by atoms with Crippen molar-refractivity contribution in [2.45, 2.75) is 31.6 Å². The Balaban J connectivity index is 1.94. The average molecular weight is 380 g/mol. The molecule has 1 aliphatic heterocycles. The van der Waals surface area contributed by atoms with Gasteiger partial charge in [0.2, 0.25) is 5.91 Å². The molecule has 0 unspecified atom stereocenters. The molecule has 3 rings (SSSR count). The Kier molecular flexibility index (Phi) is 4.87. The molecule has 0 spiro atoms. The van der Waals surface area contributed by atoms with Crippen LogP contribution in [0.15, 0.2) is 42.5 Å². The molecule has 2 aromatic rings. The number of amides is 1. The molecule has 0 radical (unpaired) electrons. The smallest absolute Gasteiger partial charge is 0.238 e.